The topological polar surface area (TPSA) is 78.6 Å². The third-order valence-electron chi connectivity index (χ3n) is 3.31. The summed E-state index contributed by atoms with van der Waals surface area (Å²) in [7, 11) is 0. The quantitative estimate of drug-likeness (QED) is 0.771. The zero-order valence-electron chi connectivity index (χ0n) is 9.73. The van der Waals surface area contributed by atoms with Crippen molar-refractivity contribution < 1.29 is 15.0 Å². The van der Waals surface area contributed by atoms with Gasteiger partial charge in [-0.05, 0) is 6.42 Å². The molecular formula is C11H17N3O3. The number of β-amino-alcohol motifs (C(OH)–C–C–N with tert-alkyl or cyclic N) is 1. The van der Waals surface area contributed by atoms with Gasteiger partial charge in [-0.25, -0.2) is 4.98 Å². The minimum atomic E-state index is -0.828. The number of aromatic nitrogens is 2. The van der Waals surface area contributed by atoms with Crippen LogP contribution in [0, 0.1) is 0 Å². The van der Waals surface area contributed by atoms with Crippen molar-refractivity contribution in [2.24, 2.45) is 0 Å². The van der Waals surface area contributed by atoms with Gasteiger partial charge in [0, 0.05) is 25.5 Å². The zero-order chi connectivity index (χ0) is 12.4. The van der Waals surface area contributed by atoms with Crippen LogP contribution in [0.4, 0.5) is 0 Å². The van der Waals surface area contributed by atoms with Crippen LogP contribution in [0.3, 0.4) is 0 Å². The van der Waals surface area contributed by atoms with Crippen molar-refractivity contribution in [3.05, 3.63) is 18.7 Å². The van der Waals surface area contributed by atoms with E-state index in [1.807, 2.05) is 16.4 Å². The second-order valence-electron chi connectivity index (χ2n) is 4.36. The minimum absolute atomic E-state index is 0.106. The van der Waals surface area contributed by atoms with Crippen molar-refractivity contribution in [2.75, 3.05) is 13.1 Å². The highest BCUT2D eigenvalue weighted by molar-refractivity contribution is 5.73. The minimum Gasteiger partial charge on any atom is -0.480 e. The fourth-order valence-corrected chi connectivity index (χ4v) is 2.40. The second-order valence-corrected chi connectivity index (χ2v) is 4.36. The van der Waals surface area contributed by atoms with Crippen LogP contribution in [-0.4, -0.2) is 55.9 Å². The monoisotopic (exact) mass is 239 g/mol. The number of likely N-dealkylation sites (tertiary alicyclic amines) is 1. The number of nitrogens with zero attached hydrogens (tertiary/aromatic N) is 3. The van der Waals surface area contributed by atoms with Gasteiger partial charge in [0.1, 0.15) is 6.04 Å². The maximum Gasteiger partial charge on any atom is 0.320 e. The van der Waals surface area contributed by atoms with E-state index in [9.17, 15) is 9.90 Å². The average Bonchev–Trinajstić information content (AvgIpc) is 2.87. The van der Waals surface area contributed by atoms with Crippen molar-refractivity contribution >= 4 is 5.97 Å². The number of rotatable bonds is 4. The molecule has 6 nitrogen and oxygen atoms in total. The Balaban J connectivity index is 2.09. The van der Waals surface area contributed by atoms with Crippen LogP contribution in [0.2, 0.25) is 0 Å². The summed E-state index contributed by atoms with van der Waals surface area (Å²) in [6.07, 6.45) is 5.10. The molecular weight excluding hydrogens is 222 g/mol. The number of carboxylic acids is 1. The molecule has 0 radical (unpaired) electrons. The van der Waals surface area contributed by atoms with Gasteiger partial charge in [0.05, 0.1) is 18.5 Å². The summed E-state index contributed by atoms with van der Waals surface area (Å²) >= 11 is 0. The standard InChI is InChI=1S/C11H17N3O3/c1-2-8(11(16)17)14-5-9(10(15)6-14)13-4-3-12-7-13/h3-4,7-10,15H,2,5-6H2,1H3,(H,16,17)/t8-,9-,10+/m1/s1. The van der Waals surface area contributed by atoms with Crippen LogP contribution in [0.1, 0.15) is 19.4 Å². The van der Waals surface area contributed by atoms with Crippen LogP contribution in [0.5, 0.6) is 0 Å². The Kier molecular flexibility index (Phi) is 3.44. The Morgan fingerprint density at radius 1 is 1.59 bits per heavy atom. The molecule has 0 aromatic carbocycles. The maximum absolute atomic E-state index is 11.1. The molecule has 1 fully saturated rings. The molecule has 2 N–H and O–H groups in total. The fraction of sp³-hybridized carbons (Fsp3) is 0.636. The van der Waals surface area contributed by atoms with E-state index in [1.54, 1.807) is 18.7 Å². The fourth-order valence-electron chi connectivity index (χ4n) is 2.40. The van der Waals surface area contributed by atoms with Crippen molar-refractivity contribution in [2.45, 2.75) is 31.5 Å². The molecule has 1 aromatic rings. The summed E-state index contributed by atoms with van der Waals surface area (Å²) in [6, 6.07) is -0.621. The summed E-state index contributed by atoms with van der Waals surface area (Å²) in [5.74, 6) is -0.828. The summed E-state index contributed by atoms with van der Waals surface area (Å²) < 4.78 is 1.83. The summed E-state index contributed by atoms with van der Waals surface area (Å²) in [5, 5.41) is 19.1. The third-order valence-corrected chi connectivity index (χ3v) is 3.31. The number of carboxylic acid groups (broad SMARTS) is 1. The zero-order valence-corrected chi connectivity index (χ0v) is 9.73. The van der Waals surface area contributed by atoms with Gasteiger partial charge in [-0.3, -0.25) is 9.69 Å². The van der Waals surface area contributed by atoms with E-state index in [0.29, 0.717) is 19.5 Å². The molecule has 2 heterocycles. The average molecular weight is 239 g/mol. The smallest absolute Gasteiger partial charge is 0.320 e. The van der Waals surface area contributed by atoms with Crippen LogP contribution >= 0.6 is 0 Å². The Labute approximate surface area is 99.5 Å². The first kappa shape index (κ1) is 12.1. The van der Waals surface area contributed by atoms with Crippen LogP contribution in [-0.2, 0) is 4.79 Å². The van der Waals surface area contributed by atoms with E-state index in [2.05, 4.69) is 4.98 Å². The third kappa shape index (κ3) is 2.32. The molecule has 0 bridgehead atoms. The van der Waals surface area contributed by atoms with Gasteiger partial charge in [0.25, 0.3) is 0 Å². The first-order chi connectivity index (χ1) is 8.13. The lowest BCUT2D eigenvalue weighted by Gasteiger charge is -2.22. The molecule has 17 heavy (non-hydrogen) atoms. The molecule has 1 aliphatic heterocycles. The number of hydrogen-bond donors (Lipinski definition) is 2. The Morgan fingerprint density at radius 2 is 2.35 bits per heavy atom. The first-order valence-electron chi connectivity index (χ1n) is 5.75. The van der Waals surface area contributed by atoms with Crippen molar-refractivity contribution in [1.82, 2.24) is 14.5 Å². The van der Waals surface area contributed by atoms with Gasteiger partial charge in [0.15, 0.2) is 0 Å². The lowest BCUT2D eigenvalue weighted by atomic mass is 10.2. The molecule has 94 valence electrons. The largest absolute Gasteiger partial charge is 0.480 e. The summed E-state index contributed by atoms with van der Waals surface area (Å²) in [5.41, 5.74) is 0. The molecule has 1 saturated heterocycles. The Bertz CT molecular complexity index is 379. The number of aliphatic hydroxyl groups excluding tert-OH is 1. The molecule has 0 amide bonds. The lowest BCUT2D eigenvalue weighted by Crippen LogP contribution is -2.39. The predicted octanol–water partition coefficient (Wildman–Crippen LogP) is -0.0361. The van der Waals surface area contributed by atoms with E-state index in [-0.39, 0.29) is 6.04 Å². The van der Waals surface area contributed by atoms with E-state index in [1.165, 1.54) is 0 Å². The second kappa shape index (κ2) is 4.85. The van der Waals surface area contributed by atoms with Gasteiger partial charge in [-0.1, -0.05) is 6.92 Å². The van der Waals surface area contributed by atoms with E-state index in [0.717, 1.165) is 0 Å². The van der Waals surface area contributed by atoms with Gasteiger partial charge >= 0.3 is 5.97 Å². The van der Waals surface area contributed by atoms with Crippen LogP contribution in [0.25, 0.3) is 0 Å². The van der Waals surface area contributed by atoms with Crippen molar-refractivity contribution in [3.63, 3.8) is 0 Å². The molecule has 0 spiro atoms. The molecule has 0 unspecified atom stereocenters. The Morgan fingerprint density at radius 3 is 2.88 bits per heavy atom. The number of aliphatic carboxylic acids is 1. The number of imidazole rings is 1. The van der Waals surface area contributed by atoms with E-state index >= 15 is 0 Å². The lowest BCUT2D eigenvalue weighted by molar-refractivity contribution is -0.143. The van der Waals surface area contributed by atoms with Crippen molar-refractivity contribution in [1.29, 1.82) is 0 Å². The van der Waals surface area contributed by atoms with E-state index < -0.39 is 18.1 Å². The molecule has 6 heteroatoms. The molecule has 1 aliphatic rings. The van der Waals surface area contributed by atoms with Crippen LogP contribution in [0.15, 0.2) is 18.7 Å². The van der Waals surface area contributed by atoms with Gasteiger partial charge in [-0.15, -0.1) is 0 Å². The molecule has 1 aromatic heterocycles. The van der Waals surface area contributed by atoms with E-state index in [4.69, 9.17) is 5.11 Å². The normalized spacial score (nSPS) is 27.2. The summed E-state index contributed by atoms with van der Waals surface area (Å²) in [4.78, 5) is 16.8. The highest BCUT2D eigenvalue weighted by Crippen LogP contribution is 2.24. The first-order valence-corrected chi connectivity index (χ1v) is 5.75. The molecule has 2 rings (SSSR count). The highest BCUT2D eigenvalue weighted by Gasteiger charge is 2.37. The molecule has 3 atom stereocenters. The van der Waals surface area contributed by atoms with Gasteiger partial charge < -0.3 is 14.8 Å². The van der Waals surface area contributed by atoms with Gasteiger partial charge in [0.2, 0.25) is 0 Å². The maximum atomic E-state index is 11.1. The summed E-state index contributed by atoms with van der Waals surface area (Å²) in [6.45, 7) is 2.78. The Hall–Kier alpha value is -1.40. The SMILES string of the molecule is CC[C@H](C(=O)O)N1C[C@@H](n2ccnc2)[C@@H](O)C1. The predicted molar refractivity (Wildman–Crippen MR) is 60.6 cm³/mol. The molecule has 0 aliphatic carbocycles. The van der Waals surface area contributed by atoms with Crippen LogP contribution < -0.4 is 0 Å². The highest BCUT2D eigenvalue weighted by atomic mass is 16.4. The van der Waals surface area contributed by atoms with Gasteiger partial charge in [-0.2, -0.15) is 0 Å². The van der Waals surface area contributed by atoms with Crippen molar-refractivity contribution in [3.8, 4) is 0 Å². The number of carbonyl (C=O) groups is 1. The number of aliphatic hydroxyl groups is 1. The molecule has 0 saturated carbocycles. The number of hydrogen-bond acceptors (Lipinski definition) is 4.